The smallest absolute Gasteiger partial charge is 0.258 e. The first kappa shape index (κ1) is 17.1. The highest BCUT2D eigenvalue weighted by Crippen LogP contribution is 2.42. The van der Waals surface area contributed by atoms with Crippen molar-refractivity contribution in [3.05, 3.63) is 41.1 Å². The average molecular weight is 391 g/mol. The van der Waals surface area contributed by atoms with Crippen LogP contribution in [0.15, 0.2) is 24.3 Å². The van der Waals surface area contributed by atoms with Crippen LogP contribution in [0.1, 0.15) is 72.0 Å². The van der Waals surface area contributed by atoms with Crippen LogP contribution in [-0.2, 0) is 0 Å². The summed E-state index contributed by atoms with van der Waals surface area (Å²) >= 11 is 0. The lowest BCUT2D eigenvalue weighted by Gasteiger charge is -2.40. The molecule has 7 heteroatoms. The van der Waals surface area contributed by atoms with Crippen LogP contribution < -0.4 is 16.0 Å². The van der Waals surface area contributed by atoms with E-state index in [1.807, 2.05) is 36.1 Å². The third-order valence-corrected chi connectivity index (χ3v) is 6.68. The fourth-order valence-electron chi connectivity index (χ4n) is 4.56. The van der Waals surface area contributed by atoms with E-state index in [0.717, 1.165) is 48.3 Å². The molecule has 2 atom stereocenters. The maximum atomic E-state index is 13.4. The lowest BCUT2D eigenvalue weighted by molar-refractivity contribution is 0.0617. The molecule has 2 aliphatic heterocycles. The minimum Gasteiger partial charge on any atom is -0.356 e. The van der Waals surface area contributed by atoms with Gasteiger partial charge in [0.1, 0.15) is 0 Å². The molecule has 1 aromatic carbocycles. The first-order chi connectivity index (χ1) is 13.9. The molecular formula is C22H25N5O2. The van der Waals surface area contributed by atoms with Gasteiger partial charge in [-0.15, -0.1) is 0 Å². The molecule has 4 aliphatic rings. The minimum atomic E-state index is -0.208. The molecule has 29 heavy (non-hydrogen) atoms. The number of fused-ring (bicyclic) bond motifs is 2. The van der Waals surface area contributed by atoms with Gasteiger partial charge in [0.05, 0.1) is 28.6 Å². The van der Waals surface area contributed by atoms with Crippen molar-refractivity contribution in [1.29, 1.82) is 0 Å². The lowest BCUT2D eigenvalue weighted by atomic mass is 10.0. The Morgan fingerprint density at radius 3 is 2.55 bits per heavy atom. The zero-order valence-electron chi connectivity index (χ0n) is 16.6. The molecule has 1 aromatic heterocycles. The van der Waals surface area contributed by atoms with Crippen molar-refractivity contribution in [1.82, 2.24) is 20.5 Å². The molecule has 1 unspecified atom stereocenters. The van der Waals surface area contributed by atoms with Gasteiger partial charge in [-0.25, -0.2) is 0 Å². The largest absolute Gasteiger partial charge is 0.356 e. The highest BCUT2D eigenvalue weighted by molar-refractivity contribution is 6.06. The van der Waals surface area contributed by atoms with Crippen molar-refractivity contribution in [2.45, 2.75) is 63.4 Å². The molecule has 0 spiro atoms. The highest BCUT2D eigenvalue weighted by atomic mass is 16.2. The number of nitrogens with one attached hydrogen (secondary N) is 4. The number of H-pyrrole nitrogens is 1. The topological polar surface area (TPSA) is 89.3 Å². The van der Waals surface area contributed by atoms with Gasteiger partial charge in [-0.3, -0.25) is 14.9 Å². The predicted molar refractivity (Wildman–Crippen MR) is 109 cm³/mol. The van der Waals surface area contributed by atoms with E-state index in [0.29, 0.717) is 17.2 Å². The van der Waals surface area contributed by atoms with E-state index in [9.17, 15) is 9.59 Å². The van der Waals surface area contributed by atoms with E-state index in [2.05, 4.69) is 27.9 Å². The van der Waals surface area contributed by atoms with E-state index in [4.69, 9.17) is 0 Å². The van der Waals surface area contributed by atoms with Gasteiger partial charge >= 0.3 is 0 Å². The number of carbonyl (C=O) groups excluding carboxylic acids is 2. The van der Waals surface area contributed by atoms with Gasteiger partial charge in [0.2, 0.25) is 0 Å². The second-order valence-corrected chi connectivity index (χ2v) is 9.13. The fraction of sp³-hybridized carbons (Fsp3) is 0.455. The maximum absolute atomic E-state index is 13.4. The van der Waals surface area contributed by atoms with E-state index in [-0.39, 0.29) is 29.7 Å². The second-order valence-electron chi connectivity index (χ2n) is 9.13. The summed E-state index contributed by atoms with van der Waals surface area (Å²) in [6, 6.07) is 7.99. The Kier molecular flexibility index (Phi) is 3.32. The Hall–Kier alpha value is -2.80. The summed E-state index contributed by atoms with van der Waals surface area (Å²) < 4.78 is 0. The van der Waals surface area contributed by atoms with Gasteiger partial charge in [0, 0.05) is 22.8 Å². The highest BCUT2D eigenvalue weighted by Gasteiger charge is 2.47. The number of amides is 2. The molecular weight excluding hydrogens is 366 g/mol. The molecule has 0 saturated heterocycles. The Balaban J connectivity index is 1.43. The van der Waals surface area contributed by atoms with E-state index < -0.39 is 0 Å². The van der Waals surface area contributed by atoms with Gasteiger partial charge in [0.15, 0.2) is 6.29 Å². The van der Waals surface area contributed by atoms with Crippen LogP contribution >= 0.6 is 0 Å². The standard InChI is InChI=1S/C22H25N5O2/c1-11-17-15(19(28)23-11)10-16(24-17)13-4-3-5-14-18(13)25-21(26-22(2)8-9-22)27(20(14)29)12-6-7-12/h3-5,10-12,21,24-26H,6-9H2,1-2H3,(H,23,28)/t11?,21-/m0/s1. The Morgan fingerprint density at radius 2 is 1.86 bits per heavy atom. The number of para-hydroxylation sites is 1. The van der Waals surface area contributed by atoms with Crippen LogP contribution in [-0.4, -0.2) is 39.6 Å². The summed E-state index contributed by atoms with van der Waals surface area (Å²) in [7, 11) is 0. The summed E-state index contributed by atoms with van der Waals surface area (Å²) in [5, 5.41) is 10.2. The van der Waals surface area contributed by atoms with Gasteiger partial charge < -0.3 is 20.5 Å². The molecule has 0 radical (unpaired) electrons. The summed E-state index contributed by atoms with van der Waals surface area (Å²) in [4.78, 5) is 31.0. The van der Waals surface area contributed by atoms with Crippen molar-refractivity contribution < 1.29 is 9.59 Å². The number of carbonyl (C=O) groups is 2. The molecule has 7 nitrogen and oxygen atoms in total. The number of hydrogen-bond acceptors (Lipinski definition) is 4. The predicted octanol–water partition coefficient (Wildman–Crippen LogP) is 2.94. The number of aromatic nitrogens is 1. The molecule has 6 rings (SSSR count). The molecule has 3 heterocycles. The second kappa shape index (κ2) is 5.63. The third kappa shape index (κ3) is 2.60. The molecule has 2 aliphatic carbocycles. The number of aromatic amines is 1. The number of rotatable bonds is 4. The van der Waals surface area contributed by atoms with E-state index >= 15 is 0 Å². The molecule has 2 amide bonds. The van der Waals surface area contributed by atoms with E-state index in [1.54, 1.807) is 0 Å². The Morgan fingerprint density at radius 1 is 1.10 bits per heavy atom. The van der Waals surface area contributed by atoms with Crippen LogP contribution in [0.2, 0.25) is 0 Å². The van der Waals surface area contributed by atoms with Gasteiger partial charge in [-0.1, -0.05) is 12.1 Å². The number of anilines is 1. The van der Waals surface area contributed by atoms with Gasteiger partial charge in [-0.2, -0.15) is 0 Å². The first-order valence-corrected chi connectivity index (χ1v) is 10.5. The van der Waals surface area contributed by atoms with Crippen LogP contribution in [0.3, 0.4) is 0 Å². The quantitative estimate of drug-likeness (QED) is 0.645. The fourth-order valence-corrected chi connectivity index (χ4v) is 4.56. The van der Waals surface area contributed by atoms with Crippen LogP contribution in [0, 0.1) is 0 Å². The number of benzene rings is 1. The first-order valence-electron chi connectivity index (χ1n) is 10.5. The Labute approximate surface area is 169 Å². The van der Waals surface area contributed by atoms with Crippen molar-refractivity contribution in [3.63, 3.8) is 0 Å². The van der Waals surface area contributed by atoms with Crippen molar-refractivity contribution in [3.8, 4) is 11.3 Å². The zero-order chi connectivity index (χ0) is 19.9. The monoisotopic (exact) mass is 391 g/mol. The van der Waals surface area contributed by atoms with E-state index in [1.165, 1.54) is 0 Å². The minimum absolute atomic E-state index is 0.0324. The molecule has 2 aromatic rings. The lowest BCUT2D eigenvalue weighted by Crippen LogP contribution is -2.59. The molecule has 4 N–H and O–H groups in total. The van der Waals surface area contributed by atoms with Crippen LogP contribution in [0.25, 0.3) is 11.3 Å². The van der Waals surface area contributed by atoms with Gasteiger partial charge in [0.25, 0.3) is 11.8 Å². The van der Waals surface area contributed by atoms with Crippen molar-refractivity contribution >= 4 is 17.5 Å². The SMILES string of the molecule is CC1NC(=O)c2cc(-c3cccc4c3N[C@@H](NC3(C)CC3)N(C3CC3)C4=O)[nH]c21. The molecule has 150 valence electrons. The summed E-state index contributed by atoms with van der Waals surface area (Å²) in [6.07, 6.45) is 4.17. The number of nitrogens with zero attached hydrogens (tertiary/aromatic N) is 1. The summed E-state index contributed by atoms with van der Waals surface area (Å²) in [5.74, 6) is 0.0278. The normalized spacial score (nSPS) is 26.6. The zero-order valence-corrected chi connectivity index (χ0v) is 16.6. The molecule has 0 bridgehead atoms. The molecule has 2 saturated carbocycles. The maximum Gasteiger partial charge on any atom is 0.258 e. The van der Waals surface area contributed by atoms with Gasteiger partial charge in [-0.05, 0) is 51.7 Å². The third-order valence-electron chi connectivity index (χ3n) is 6.68. The summed E-state index contributed by atoms with van der Waals surface area (Å²) in [6.45, 7) is 4.18. The van der Waals surface area contributed by atoms with Crippen LogP contribution in [0.4, 0.5) is 5.69 Å². The molecule has 2 fully saturated rings. The van der Waals surface area contributed by atoms with Crippen molar-refractivity contribution in [2.75, 3.05) is 5.32 Å². The Bertz CT molecular complexity index is 1050. The van der Waals surface area contributed by atoms with Crippen LogP contribution in [0.5, 0.6) is 0 Å². The number of hydrogen-bond donors (Lipinski definition) is 4. The average Bonchev–Trinajstić information content (AvgIpc) is 3.58. The van der Waals surface area contributed by atoms with Crippen molar-refractivity contribution in [2.24, 2.45) is 0 Å². The summed E-state index contributed by atoms with van der Waals surface area (Å²) in [5.41, 5.74) is 5.01.